The van der Waals surface area contributed by atoms with Crippen LogP contribution in [0.15, 0.2) is 54.6 Å². The Morgan fingerprint density at radius 2 is 1.32 bits per heavy atom. The van der Waals surface area contributed by atoms with Crippen molar-refractivity contribution < 1.29 is 5.21 Å². The lowest BCUT2D eigenvalue weighted by molar-refractivity contribution is 0.133. The summed E-state index contributed by atoms with van der Waals surface area (Å²) in [6, 6.07) is 19.0. The molecule has 1 aliphatic rings. The summed E-state index contributed by atoms with van der Waals surface area (Å²) in [5, 5.41) is 8.98. The Morgan fingerprint density at radius 3 is 1.82 bits per heavy atom. The first-order chi connectivity index (χ1) is 10.8. The first-order valence-electron chi connectivity index (χ1n) is 7.82. The minimum atomic E-state index is -0.0380. The van der Waals surface area contributed by atoms with E-state index < -0.39 is 0 Å². The fourth-order valence-corrected chi connectivity index (χ4v) is 2.91. The number of hydrogen-bond donors (Lipinski definition) is 2. The van der Waals surface area contributed by atoms with Crippen LogP contribution < -0.4 is 15.3 Å². The largest absolute Gasteiger partial charge is 0.368 e. The smallest absolute Gasteiger partial charge is 0.0540 e. The molecule has 0 aliphatic carbocycles. The Bertz CT molecular complexity index is 577. The number of nitrogens with one attached hydrogen (secondary N) is 1. The second kappa shape index (κ2) is 6.81. The molecule has 0 amide bonds. The topological polar surface area (TPSA) is 38.7 Å². The van der Waals surface area contributed by atoms with E-state index in [2.05, 4.69) is 69.9 Å². The van der Waals surface area contributed by atoms with Gasteiger partial charge in [-0.15, -0.1) is 0 Å². The molecule has 4 heteroatoms. The second-order valence-electron chi connectivity index (χ2n) is 5.75. The number of para-hydroxylation sites is 1. The molecule has 0 radical (unpaired) electrons. The third-order valence-electron chi connectivity index (χ3n) is 4.35. The molecule has 2 aromatic rings. The summed E-state index contributed by atoms with van der Waals surface area (Å²) in [5.41, 5.74) is 5.93. The lowest BCUT2D eigenvalue weighted by atomic mass is 10.1. The van der Waals surface area contributed by atoms with Gasteiger partial charge in [0.2, 0.25) is 0 Å². The molecule has 1 fully saturated rings. The van der Waals surface area contributed by atoms with Crippen LogP contribution in [0.3, 0.4) is 0 Å². The lowest BCUT2D eigenvalue weighted by Crippen LogP contribution is -2.46. The zero-order valence-electron chi connectivity index (χ0n) is 12.9. The summed E-state index contributed by atoms with van der Waals surface area (Å²) < 4.78 is 0. The molecule has 22 heavy (non-hydrogen) atoms. The van der Waals surface area contributed by atoms with E-state index in [4.69, 9.17) is 5.21 Å². The van der Waals surface area contributed by atoms with Gasteiger partial charge in [-0.3, -0.25) is 0 Å². The summed E-state index contributed by atoms with van der Waals surface area (Å²) in [5.74, 6) is 0. The second-order valence-corrected chi connectivity index (χ2v) is 5.75. The molecule has 4 nitrogen and oxygen atoms in total. The van der Waals surface area contributed by atoms with E-state index in [1.807, 2.05) is 6.92 Å². The standard InChI is InChI=1S/C18H23N3O/c1-15(19-22)16-7-9-18(10-8-16)21-13-11-20(12-14-21)17-5-3-2-4-6-17/h2-10,15,19,22H,11-14H2,1H3. The number of hydroxylamine groups is 1. The Morgan fingerprint density at radius 1 is 0.818 bits per heavy atom. The van der Waals surface area contributed by atoms with Crippen LogP contribution in [0.5, 0.6) is 0 Å². The van der Waals surface area contributed by atoms with Crippen LogP contribution in [-0.2, 0) is 0 Å². The van der Waals surface area contributed by atoms with E-state index >= 15 is 0 Å². The Balaban J connectivity index is 1.61. The number of rotatable bonds is 4. The molecule has 0 saturated carbocycles. The fraction of sp³-hybridized carbons (Fsp3) is 0.333. The van der Waals surface area contributed by atoms with Gasteiger partial charge in [0.05, 0.1) is 6.04 Å². The predicted octanol–water partition coefficient (Wildman–Crippen LogP) is 3.05. The van der Waals surface area contributed by atoms with E-state index in [1.54, 1.807) is 0 Å². The van der Waals surface area contributed by atoms with Crippen LogP contribution in [0.4, 0.5) is 11.4 Å². The van der Waals surface area contributed by atoms with E-state index in [-0.39, 0.29) is 6.04 Å². The van der Waals surface area contributed by atoms with Gasteiger partial charge >= 0.3 is 0 Å². The minimum absolute atomic E-state index is 0.0380. The summed E-state index contributed by atoms with van der Waals surface area (Å²) in [7, 11) is 0. The SMILES string of the molecule is CC(NO)c1ccc(N2CCN(c3ccccc3)CC2)cc1. The highest BCUT2D eigenvalue weighted by atomic mass is 16.5. The first-order valence-corrected chi connectivity index (χ1v) is 7.82. The van der Waals surface area contributed by atoms with Crippen LogP contribution in [0.1, 0.15) is 18.5 Å². The average molecular weight is 297 g/mol. The maximum Gasteiger partial charge on any atom is 0.0540 e. The molecule has 2 N–H and O–H groups in total. The molecule has 0 spiro atoms. The monoisotopic (exact) mass is 297 g/mol. The van der Waals surface area contributed by atoms with E-state index in [1.165, 1.54) is 11.4 Å². The van der Waals surface area contributed by atoms with Gasteiger partial charge in [-0.1, -0.05) is 30.3 Å². The molecule has 1 aliphatic heterocycles. The first kappa shape index (κ1) is 14.9. The quantitative estimate of drug-likeness (QED) is 0.851. The summed E-state index contributed by atoms with van der Waals surface area (Å²) in [6.45, 7) is 6.08. The zero-order valence-corrected chi connectivity index (χ0v) is 12.9. The van der Waals surface area contributed by atoms with Crippen molar-refractivity contribution in [2.45, 2.75) is 13.0 Å². The summed E-state index contributed by atoms with van der Waals surface area (Å²) in [4.78, 5) is 4.85. The van der Waals surface area contributed by atoms with Crippen LogP contribution >= 0.6 is 0 Å². The van der Waals surface area contributed by atoms with Crippen molar-refractivity contribution in [2.24, 2.45) is 0 Å². The Kier molecular flexibility index (Phi) is 4.61. The minimum Gasteiger partial charge on any atom is -0.368 e. The normalized spacial score (nSPS) is 16.6. The third kappa shape index (κ3) is 3.24. The molecule has 2 aromatic carbocycles. The van der Waals surface area contributed by atoms with Gasteiger partial charge in [0.1, 0.15) is 0 Å². The van der Waals surface area contributed by atoms with Crippen molar-refractivity contribution in [1.29, 1.82) is 0 Å². The summed E-state index contributed by atoms with van der Waals surface area (Å²) >= 11 is 0. The van der Waals surface area contributed by atoms with Crippen molar-refractivity contribution in [3.8, 4) is 0 Å². The van der Waals surface area contributed by atoms with Crippen molar-refractivity contribution in [1.82, 2.24) is 5.48 Å². The van der Waals surface area contributed by atoms with Crippen molar-refractivity contribution in [3.05, 3.63) is 60.2 Å². The molecule has 0 aromatic heterocycles. The molecular formula is C18H23N3O. The highest BCUT2D eigenvalue weighted by Crippen LogP contribution is 2.22. The molecule has 3 rings (SSSR count). The molecular weight excluding hydrogens is 274 g/mol. The van der Waals surface area contributed by atoms with Gasteiger partial charge in [-0.05, 0) is 36.8 Å². The van der Waals surface area contributed by atoms with Crippen molar-refractivity contribution >= 4 is 11.4 Å². The number of anilines is 2. The fourth-order valence-electron chi connectivity index (χ4n) is 2.91. The Labute approximate surface area is 131 Å². The van der Waals surface area contributed by atoms with E-state index in [0.717, 1.165) is 31.7 Å². The average Bonchev–Trinajstić information content (AvgIpc) is 2.62. The number of piperazine rings is 1. The number of nitrogens with zero attached hydrogens (tertiary/aromatic N) is 2. The molecule has 0 bridgehead atoms. The van der Waals surface area contributed by atoms with Gasteiger partial charge in [0, 0.05) is 37.6 Å². The molecule has 116 valence electrons. The van der Waals surface area contributed by atoms with Gasteiger partial charge in [0.15, 0.2) is 0 Å². The van der Waals surface area contributed by atoms with Crippen molar-refractivity contribution in [2.75, 3.05) is 36.0 Å². The van der Waals surface area contributed by atoms with E-state index in [0.29, 0.717) is 0 Å². The zero-order chi connectivity index (χ0) is 15.4. The van der Waals surface area contributed by atoms with E-state index in [9.17, 15) is 0 Å². The molecule has 1 unspecified atom stereocenters. The molecule has 1 saturated heterocycles. The maximum absolute atomic E-state index is 8.98. The number of benzene rings is 2. The highest BCUT2D eigenvalue weighted by Gasteiger charge is 2.17. The summed E-state index contributed by atoms with van der Waals surface area (Å²) in [6.07, 6.45) is 0. The highest BCUT2D eigenvalue weighted by molar-refractivity contribution is 5.52. The van der Waals surface area contributed by atoms with Crippen LogP contribution in [0, 0.1) is 0 Å². The number of hydrogen-bond acceptors (Lipinski definition) is 4. The van der Waals surface area contributed by atoms with Gasteiger partial charge in [-0.25, -0.2) is 0 Å². The predicted molar refractivity (Wildman–Crippen MR) is 90.6 cm³/mol. The third-order valence-corrected chi connectivity index (χ3v) is 4.35. The van der Waals surface area contributed by atoms with Crippen molar-refractivity contribution in [3.63, 3.8) is 0 Å². The lowest BCUT2D eigenvalue weighted by Gasteiger charge is -2.37. The van der Waals surface area contributed by atoms with Gasteiger partial charge < -0.3 is 15.0 Å². The Hall–Kier alpha value is -2.04. The van der Waals surface area contributed by atoms with Gasteiger partial charge in [0.25, 0.3) is 0 Å². The maximum atomic E-state index is 8.98. The molecule has 1 heterocycles. The van der Waals surface area contributed by atoms with Crippen LogP contribution in [0.25, 0.3) is 0 Å². The molecule has 1 atom stereocenters. The van der Waals surface area contributed by atoms with Crippen LogP contribution in [-0.4, -0.2) is 31.4 Å². The van der Waals surface area contributed by atoms with Crippen LogP contribution in [0.2, 0.25) is 0 Å². The van der Waals surface area contributed by atoms with Gasteiger partial charge in [-0.2, -0.15) is 5.48 Å².